The van der Waals surface area contributed by atoms with Gasteiger partial charge in [-0.3, -0.25) is 4.99 Å². The van der Waals surface area contributed by atoms with Crippen LogP contribution in [-0.4, -0.2) is 36.2 Å². The highest BCUT2D eigenvalue weighted by Crippen LogP contribution is 2.48. The van der Waals surface area contributed by atoms with Crippen LogP contribution in [0.1, 0.15) is 49.9 Å². The maximum atomic E-state index is 6.14. The van der Waals surface area contributed by atoms with Gasteiger partial charge in [0.25, 0.3) is 0 Å². The Morgan fingerprint density at radius 1 is 1.35 bits per heavy atom. The van der Waals surface area contributed by atoms with Gasteiger partial charge >= 0.3 is 0 Å². The molecule has 7 heteroatoms. The van der Waals surface area contributed by atoms with E-state index in [1.807, 2.05) is 26.0 Å². The number of aliphatic imine (C=N–C) groups is 1. The van der Waals surface area contributed by atoms with Gasteiger partial charge in [-0.25, -0.2) is 0 Å². The summed E-state index contributed by atoms with van der Waals surface area (Å²) in [7, 11) is 1.78. The maximum absolute atomic E-state index is 6.14. The number of halogens is 1. The van der Waals surface area contributed by atoms with Crippen molar-refractivity contribution in [1.29, 1.82) is 0 Å². The van der Waals surface area contributed by atoms with Gasteiger partial charge in [0.15, 0.2) is 11.8 Å². The second kappa shape index (κ2) is 8.08. The summed E-state index contributed by atoms with van der Waals surface area (Å²) >= 11 is 6.14. The van der Waals surface area contributed by atoms with Crippen molar-refractivity contribution in [2.75, 3.05) is 20.1 Å². The first-order valence-electron chi connectivity index (χ1n) is 9.05. The summed E-state index contributed by atoms with van der Waals surface area (Å²) < 4.78 is 5.26. The number of nitrogens with one attached hydrogen (secondary N) is 2. The average molecular weight is 376 g/mol. The lowest BCUT2D eigenvalue weighted by molar-refractivity contribution is 0.371. The Balaban J connectivity index is 1.47. The molecule has 0 amide bonds. The Hall–Kier alpha value is -2.08. The van der Waals surface area contributed by atoms with Crippen molar-refractivity contribution in [3.63, 3.8) is 0 Å². The molecule has 26 heavy (non-hydrogen) atoms. The van der Waals surface area contributed by atoms with E-state index in [9.17, 15) is 0 Å². The minimum atomic E-state index is 0.168. The third kappa shape index (κ3) is 4.55. The molecule has 140 valence electrons. The Kier molecular flexibility index (Phi) is 5.81. The van der Waals surface area contributed by atoms with Gasteiger partial charge in [0.05, 0.1) is 0 Å². The summed E-state index contributed by atoms with van der Waals surface area (Å²) in [6.07, 6.45) is 2.99. The molecule has 2 aromatic rings. The van der Waals surface area contributed by atoms with Gasteiger partial charge in [0, 0.05) is 42.9 Å². The van der Waals surface area contributed by atoms with E-state index >= 15 is 0 Å². The van der Waals surface area contributed by atoms with E-state index in [0.717, 1.165) is 36.2 Å². The number of rotatable bonds is 7. The first-order valence-corrected chi connectivity index (χ1v) is 9.43. The van der Waals surface area contributed by atoms with E-state index in [1.54, 1.807) is 7.05 Å². The van der Waals surface area contributed by atoms with Crippen LogP contribution in [0.2, 0.25) is 5.02 Å². The number of hydrogen-bond acceptors (Lipinski definition) is 4. The number of guanidine groups is 1. The Morgan fingerprint density at radius 3 is 2.77 bits per heavy atom. The zero-order chi connectivity index (χ0) is 18.6. The third-order valence-corrected chi connectivity index (χ3v) is 4.97. The first kappa shape index (κ1) is 18.7. The Bertz CT molecular complexity index is 767. The molecule has 1 fully saturated rings. The fourth-order valence-corrected chi connectivity index (χ4v) is 3.09. The molecule has 3 rings (SSSR count). The molecule has 1 aliphatic carbocycles. The summed E-state index contributed by atoms with van der Waals surface area (Å²) in [5, 5.41) is 11.5. The topological polar surface area (TPSA) is 75.3 Å². The lowest BCUT2D eigenvalue weighted by Crippen LogP contribution is -2.42. The molecule has 6 nitrogen and oxygen atoms in total. The van der Waals surface area contributed by atoms with Crippen LogP contribution in [0.15, 0.2) is 33.8 Å². The molecular weight excluding hydrogens is 350 g/mol. The van der Waals surface area contributed by atoms with Crippen LogP contribution in [0.4, 0.5) is 0 Å². The van der Waals surface area contributed by atoms with Gasteiger partial charge < -0.3 is 15.2 Å². The van der Waals surface area contributed by atoms with Crippen LogP contribution in [0.3, 0.4) is 0 Å². The second-order valence-corrected chi connectivity index (χ2v) is 7.53. The molecule has 0 atom stereocenters. The highest BCUT2D eigenvalue weighted by atomic mass is 35.5. The largest absolute Gasteiger partial charge is 0.356 e. The van der Waals surface area contributed by atoms with Gasteiger partial charge in [-0.1, -0.05) is 42.7 Å². The van der Waals surface area contributed by atoms with Crippen LogP contribution >= 0.6 is 11.6 Å². The van der Waals surface area contributed by atoms with Gasteiger partial charge in [-0.2, -0.15) is 4.98 Å². The van der Waals surface area contributed by atoms with Crippen LogP contribution < -0.4 is 10.6 Å². The van der Waals surface area contributed by atoms with E-state index in [0.29, 0.717) is 18.9 Å². The van der Waals surface area contributed by atoms with E-state index in [2.05, 4.69) is 37.9 Å². The number of aromatic nitrogens is 2. The summed E-state index contributed by atoms with van der Waals surface area (Å²) in [6.45, 7) is 5.62. The number of nitrogens with zero attached hydrogens (tertiary/aromatic N) is 3. The first-order chi connectivity index (χ1) is 12.5. The summed E-state index contributed by atoms with van der Waals surface area (Å²) in [6, 6.07) is 8.14. The zero-order valence-electron chi connectivity index (χ0n) is 15.6. The minimum Gasteiger partial charge on any atom is -0.356 e. The quantitative estimate of drug-likeness (QED) is 0.573. The molecule has 0 spiro atoms. The van der Waals surface area contributed by atoms with Crippen LogP contribution in [-0.2, 0) is 11.8 Å². The molecule has 0 saturated heterocycles. The predicted molar refractivity (Wildman–Crippen MR) is 104 cm³/mol. The monoisotopic (exact) mass is 375 g/mol. The Labute approximate surface area is 159 Å². The fraction of sp³-hybridized carbons (Fsp3) is 0.526. The molecular formula is C19H26ClN5O. The van der Waals surface area contributed by atoms with Crippen LogP contribution in [0.5, 0.6) is 0 Å². The van der Waals surface area contributed by atoms with E-state index < -0.39 is 0 Å². The van der Waals surface area contributed by atoms with Gasteiger partial charge in [-0.15, -0.1) is 0 Å². The normalized spacial score (nSPS) is 16.0. The standard InChI is InChI=1S/C19H26ClN5O/c1-13(2)17-24-16(26-25-17)7-10-22-18(21-3)23-12-19(8-9-19)14-5-4-6-15(20)11-14/h4-6,11,13H,7-10,12H2,1-3H3,(H2,21,22,23). The van der Waals surface area contributed by atoms with Crippen LogP contribution in [0.25, 0.3) is 0 Å². The van der Waals surface area contributed by atoms with Crippen molar-refractivity contribution in [2.24, 2.45) is 4.99 Å². The summed E-state index contributed by atoms with van der Waals surface area (Å²) in [5.41, 5.74) is 1.46. The average Bonchev–Trinajstić information content (AvgIpc) is 3.27. The van der Waals surface area contributed by atoms with E-state index in [1.165, 1.54) is 5.56 Å². The van der Waals surface area contributed by atoms with Crippen molar-refractivity contribution in [3.8, 4) is 0 Å². The molecule has 1 aromatic heterocycles. The van der Waals surface area contributed by atoms with Crippen molar-refractivity contribution < 1.29 is 4.52 Å². The predicted octanol–water partition coefficient (Wildman–Crippen LogP) is 3.29. The second-order valence-electron chi connectivity index (χ2n) is 7.09. The van der Waals surface area contributed by atoms with Gasteiger partial charge in [0.2, 0.25) is 5.89 Å². The van der Waals surface area contributed by atoms with E-state index in [-0.39, 0.29) is 11.3 Å². The zero-order valence-corrected chi connectivity index (χ0v) is 16.3. The molecule has 0 radical (unpaired) electrons. The molecule has 1 aliphatic rings. The summed E-state index contributed by atoms with van der Waals surface area (Å²) in [4.78, 5) is 8.68. The van der Waals surface area contributed by atoms with Crippen molar-refractivity contribution in [1.82, 2.24) is 20.8 Å². The Morgan fingerprint density at radius 2 is 2.15 bits per heavy atom. The molecule has 0 aliphatic heterocycles. The molecule has 1 aromatic carbocycles. The molecule has 1 heterocycles. The van der Waals surface area contributed by atoms with Crippen LogP contribution in [0, 0.1) is 0 Å². The van der Waals surface area contributed by atoms with Crippen molar-refractivity contribution in [2.45, 2.75) is 44.4 Å². The minimum absolute atomic E-state index is 0.168. The van der Waals surface area contributed by atoms with Gasteiger partial charge in [-0.05, 0) is 30.5 Å². The van der Waals surface area contributed by atoms with Crippen molar-refractivity contribution >= 4 is 17.6 Å². The highest BCUT2D eigenvalue weighted by molar-refractivity contribution is 6.30. The van der Waals surface area contributed by atoms with Crippen molar-refractivity contribution in [3.05, 3.63) is 46.6 Å². The molecule has 0 unspecified atom stereocenters. The SMILES string of the molecule is CN=C(NCCc1nc(C(C)C)no1)NCC1(c2cccc(Cl)c2)CC1. The number of hydrogen-bond donors (Lipinski definition) is 2. The smallest absolute Gasteiger partial charge is 0.228 e. The number of benzene rings is 1. The summed E-state index contributed by atoms with van der Waals surface area (Å²) in [5.74, 6) is 2.45. The highest BCUT2D eigenvalue weighted by Gasteiger charge is 2.44. The lowest BCUT2D eigenvalue weighted by atomic mass is 9.96. The lowest BCUT2D eigenvalue weighted by Gasteiger charge is -2.19. The molecule has 0 bridgehead atoms. The fourth-order valence-electron chi connectivity index (χ4n) is 2.90. The maximum Gasteiger partial charge on any atom is 0.228 e. The molecule has 2 N–H and O–H groups in total. The van der Waals surface area contributed by atoms with E-state index in [4.69, 9.17) is 16.1 Å². The third-order valence-electron chi connectivity index (χ3n) is 4.74. The van der Waals surface area contributed by atoms with Gasteiger partial charge in [0.1, 0.15) is 0 Å². The molecule has 1 saturated carbocycles.